The fourth-order valence-corrected chi connectivity index (χ4v) is 2.75. The fourth-order valence-electron chi connectivity index (χ4n) is 2.75. The first-order chi connectivity index (χ1) is 11.6. The first-order valence-corrected chi connectivity index (χ1v) is 7.94. The summed E-state index contributed by atoms with van der Waals surface area (Å²) in [4.78, 5) is 27.6. The van der Waals surface area contributed by atoms with Gasteiger partial charge in [0, 0.05) is 29.7 Å². The molecule has 1 saturated carbocycles. The second-order valence-electron chi connectivity index (χ2n) is 5.92. The van der Waals surface area contributed by atoms with Crippen LogP contribution in [0, 0.1) is 13.8 Å². The molecule has 0 bridgehead atoms. The zero-order chi connectivity index (χ0) is 17.1. The molecule has 24 heavy (non-hydrogen) atoms. The van der Waals surface area contributed by atoms with Gasteiger partial charge >= 0.3 is 0 Å². The number of hydrogen-bond donors (Lipinski definition) is 2. The Morgan fingerprint density at radius 2 is 2.04 bits per heavy atom. The summed E-state index contributed by atoms with van der Waals surface area (Å²) in [6, 6.07) is 7.68. The number of aryl methyl sites for hydroxylation is 1. The molecular formula is C18H20N4O2. The van der Waals surface area contributed by atoms with E-state index >= 15 is 0 Å². The molecule has 3 rings (SSSR count). The average molecular weight is 324 g/mol. The number of amides is 2. The maximum atomic E-state index is 11.9. The lowest BCUT2D eigenvalue weighted by molar-refractivity contribution is -0.117. The van der Waals surface area contributed by atoms with Gasteiger partial charge in [-0.25, -0.2) is 0 Å². The van der Waals surface area contributed by atoms with Crippen LogP contribution in [0.5, 0.6) is 0 Å². The molecule has 0 spiro atoms. The number of carbonyl (C=O) groups is 2. The van der Waals surface area contributed by atoms with Crippen LogP contribution in [0.4, 0.5) is 0 Å². The highest BCUT2D eigenvalue weighted by molar-refractivity contribution is 5.96. The monoisotopic (exact) mass is 324 g/mol. The molecule has 1 aliphatic rings. The smallest absolute Gasteiger partial charge is 0.288 e. The maximum absolute atomic E-state index is 11.9. The molecule has 0 unspecified atom stereocenters. The first kappa shape index (κ1) is 16.0. The molecule has 2 aromatic rings. The molecule has 0 saturated heterocycles. The normalized spacial score (nSPS) is 13.9. The minimum atomic E-state index is -0.454. The van der Waals surface area contributed by atoms with E-state index in [2.05, 4.69) is 40.3 Å². The standard InChI is InChI=1S/C18H20N4O2/c1-12-11-14(13(2)22(12)15-7-8-15)6-9-17(23)20-21-18(24)16-5-3-4-10-19-16/h3-6,9-11,15H,7-8H2,1-2H3,(H,20,23)(H,21,24)/b9-6+. The highest BCUT2D eigenvalue weighted by Gasteiger charge is 2.26. The van der Waals surface area contributed by atoms with Crippen molar-refractivity contribution in [2.45, 2.75) is 32.7 Å². The summed E-state index contributed by atoms with van der Waals surface area (Å²) in [5, 5.41) is 0. The van der Waals surface area contributed by atoms with Crippen molar-refractivity contribution < 1.29 is 9.59 Å². The van der Waals surface area contributed by atoms with Crippen molar-refractivity contribution in [3.05, 3.63) is 59.2 Å². The lowest BCUT2D eigenvalue weighted by Crippen LogP contribution is -2.41. The second kappa shape index (κ2) is 6.70. The van der Waals surface area contributed by atoms with Crippen LogP contribution < -0.4 is 10.9 Å². The average Bonchev–Trinajstić information content (AvgIpc) is 3.37. The van der Waals surface area contributed by atoms with Crippen molar-refractivity contribution in [1.29, 1.82) is 0 Å². The Kier molecular flexibility index (Phi) is 4.46. The van der Waals surface area contributed by atoms with E-state index in [0.29, 0.717) is 6.04 Å². The van der Waals surface area contributed by atoms with Crippen LogP contribution in [0.3, 0.4) is 0 Å². The maximum Gasteiger partial charge on any atom is 0.288 e. The summed E-state index contributed by atoms with van der Waals surface area (Å²) >= 11 is 0. The van der Waals surface area contributed by atoms with Crippen molar-refractivity contribution in [3.63, 3.8) is 0 Å². The highest BCUT2D eigenvalue weighted by atomic mass is 16.2. The Hall–Kier alpha value is -2.89. The molecular weight excluding hydrogens is 304 g/mol. The molecule has 0 atom stereocenters. The predicted octanol–water partition coefficient (Wildman–Crippen LogP) is 2.31. The summed E-state index contributed by atoms with van der Waals surface area (Å²) in [5.74, 6) is -0.847. The van der Waals surface area contributed by atoms with Gasteiger partial charge in [-0.3, -0.25) is 25.4 Å². The third-order valence-electron chi connectivity index (χ3n) is 4.05. The molecule has 0 radical (unpaired) electrons. The molecule has 2 heterocycles. The van der Waals surface area contributed by atoms with Gasteiger partial charge in [0.05, 0.1) is 0 Å². The Labute approximate surface area is 140 Å². The number of hydrogen-bond acceptors (Lipinski definition) is 3. The molecule has 6 nitrogen and oxygen atoms in total. The molecule has 2 amide bonds. The molecule has 2 aromatic heterocycles. The zero-order valence-corrected chi connectivity index (χ0v) is 13.7. The molecule has 1 aliphatic carbocycles. The van der Waals surface area contributed by atoms with E-state index in [1.807, 2.05) is 0 Å². The third-order valence-corrected chi connectivity index (χ3v) is 4.05. The van der Waals surface area contributed by atoms with E-state index in [1.165, 1.54) is 30.8 Å². The summed E-state index contributed by atoms with van der Waals surface area (Å²) < 4.78 is 2.32. The molecule has 0 aliphatic heterocycles. The van der Waals surface area contributed by atoms with Crippen LogP contribution in [0.2, 0.25) is 0 Å². The quantitative estimate of drug-likeness (QED) is 0.669. The second-order valence-corrected chi connectivity index (χ2v) is 5.92. The minimum Gasteiger partial charge on any atom is -0.346 e. The van der Waals surface area contributed by atoms with Crippen molar-refractivity contribution >= 4 is 17.9 Å². The molecule has 0 aromatic carbocycles. The number of aromatic nitrogens is 2. The van der Waals surface area contributed by atoms with E-state index < -0.39 is 11.8 Å². The van der Waals surface area contributed by atoms with E-state index in [1.54, 1.807) is 24.3 Å². The topological polar surface area (TPSA) is 76.0 Å². The van der Waals surface area contributed by atoms with E-state index in [4.69, 9.17) is 0 Å². The summed E-state index contributed by atoms with van der Waals surface area (Å²) in [5.41, 5.74) is 8.33. The lowest BCUT2D eigenvalue weighted by atomic mass is 10.2. The van der Waals surface area contributed by atoms with Gasteiger partial charge in [-0.1, -0.05) is 6.07 Å². The van der Waals surface area contributed by atoms with Gasteiger partial charge in [0.1, 0.15) is 5.69 Å². The van der Waals surface area contributed by atoms with E-state index in [9.17, 15) is 9.59 Å². The first-order valence-electron chi connectivity index (χ1n) is 7.94. The van der Waals surface area contributed by atoms with Gasteiger partial charge in [-0.15, -0.1) is 0 Å². The van der Waals surface area contributed by atoms with Crippen LogP contribution in [-0.2, 0) is 4.79 Å². The van der Waals surface area contributed by atoms with Crippen molar-refractivity contribution in [1.82, 2.24) is 20.4 Å². The zero-order valence-electron chi connectivity index (χ0n) is 13.7. The van der Waals surface area contributed by atoms with E-state index in [0.717, 1.165) is 11.3 Å². The number of carbonyl (C=O) groups excluding carboxylic acids is 2. The third kappa shape index (κ3) is 3.53. The Morgan fingerprint density at radius 3 is 2.71 bits per heavy atom. The molecule has 124 valence electrons. The molecule has 2 N–H and O–H groups in total. The fraction of sp³-hybridized carbons (Fsp3) is 0.278. The number of nitrogens with zero attached hydrogens (tertiary/aromatic N) is 2. The number of nitrogens with one attached hydrogen (secondary N) is 2. The van der Waals surface area contributed by atoms with Gasteiger partial charge < -0.3 is 4.57 Å². The van der Waals surface area contributed by atoms with Gasteiger partial charge in [-0.2, -0.15) is 0 Å². The van der Waals surface area contributed by atoms with Crippen molar-refractivity contribution in [2.24, 2.45) is 0 Å². The van der Waals surface area contributed by atoms with Crippen LogP contribution in [0.15, 0.2) is 36.5 Å². The SMILES string of the molecule is Cc1cc(/C=C/C(=O)NNC(=O)c2ccccn2)c(C)n1C1CC1. The molecule has 1 fully saturated rings. The van der Waals surface area contributed by atoms with Crippen LogP contribution in [0.25, 0.3) is 6.08 Å². The van der Waals surface area contributed by atoms with Gasteiger partial charge in [0.2, 0.25) is 0 Å². The largest absolute Gasteiger partial charge is 0.346 e. The van der Waals surface area contributed by atoms with E-state index in [-0.39, 0.29) is 5.69 Å². The predicted molar refractivity (Wildman–Crippen MR) is 91.1 cm³/mol. The van der Waals surface area contributed by atoms with Gasteiger partial charge in [-0.05, 0) is 56.5 Å². The Balaban J connectivity index is 1.58. The van der Waals surface area contributed by atoms with Crippen LogP contribution in [0.1, 0.15) is 46.3 Å². The summed E-state index contributed by atoms with van der Waals surface area (Å²) in [6.45, 7) is 4.14. The van der Waals surface area contributed by atoms with Gasteiger partial charge in [0.25, 0.3) is 11.8 Å². The van der Waals surface area contributed by atoms with Gasteiger partial charge in [0.15, 0.2) is 0 Å². The lowest BCUT2D eigenvalue weighted by Gasteiger charge is -2.06. The van der Waals surface area contributed by atoms with Crippen molar-refractivity contribution in [3.8, 4) is 0 Å². The van der Waals surface area contributed by atoms with Crippen LogP contribution in [-0.4, -0.2) is 21.4 Å². The molecule has 6 heteroatoms. The Morgan fingerprint density at radius 1 is 1.25 bits per heavy atom. The number of hydrazine groups is 1. The minimum absolute atomic E-state index is 0.245. The van der Waals surface area contributed by atoms with Crippen molar-refractivity contribution in [2.75, 3.05) is 0 Å². The number of rotatable bonds is 4. The Bertz CT molecular complexity index is 789. The summed E-state index contributed by atoms with van der Waals surface area (Å²) in [7, 11) is 0. The highest BCUT2D eigenvalue weighted by Crippen LogP contribution is 2.38. The van der Waals surface area contributed by atoms with Crippen LogP contribution >= 0.6 is 0 Å². The number of pyridine rings is 1. The summed E-state index contributed by atoms with van der Waals surface area (Å²) in [6.07, 6.45) is 7.15.